The van der Waals surface area contributed by atoms with E-state index in [2.05, 4.69) is 42.7 Å². The predicted molar refractivity (Wildman–Crippen MR) is 192 cm³/mol. The van der Waals surface area contributed by atoms with Crippen LogP contribution in [-0.2, 0) is 34.5 Å². The molecule has 2 aromatic heterocycles. The molecule has 0 spiro atoms. The molecule has 53 heavy (non-hydrogen) atoms. The quantitative estimate of drug-likeness (QED) is 0.231. The van der Waals surface area contributed by atoms with Crippen LogP contribution in [-0.4, -0.2) is 94.6 Å². The Morgan fingerprint density at radius 1 is 0.943 bits per heavy atom. The largest absolute Gasteiger partial charge is 0.419 e. The number of rotatable bonds is 10. The van der Waals surface area contributed by atoms with Gasteiger partial charge in [-0.2, -0.15) is 22.6 Å². The van der Waals surface area contributed by atoms with Gasteiger partial charge < -0.3 is 10.2 Å². The predicted octanol–water partition coefficient (Wildman–Crippen LogP) is 4.91. The smallest absolute Gasteiger partial charge is 0.351 e. The molecule has 4 aromatic rings. The van der Waals surface area contributed by atoms with Crippen LogP contribution in [0.3, 0.4) is 0 Å². The first-order valence-electron chi connectivity index (χ1n) is 17.9. The number of alkyl halides is 3. The lowest BCUT2D eigenvalue weighted by Crippen LogP contribution is -2.49. The van der Waals surface area contributed by atoms with Gasteiger partial charge >= 0.3 is 12.2 Å². The molecule has 2 aromatic carbocycles. The maximum atomic E-state index is 13.5. The molecule has 0 unspecified atom stereocenters. The Hall–Kier alpha value is -4.61. The number of nitrogens with one attached hydrogen (secondary N) is 2. The van der Waals surface area contributed by atoms with E-state index in [1.54, 1.807) is 22.9 Å². The van der Waals surface area contributed by atoms with Crippen LogP contribution in [0.4, 0.5) is 29.7 Å². The Morgan fingerprint density at radius 3 is 2.38 bits per heavy atom. The van der Waals surface area contributed by atoms with E-state index in [1.807, 2.05) is 19.2 Å². The normalized spacial score (nSPS) is 18.8. The average Bonchev–Trinajstić information content (AvgIpc) is 3.47. The topological polar surface area (TPSA) is 146 Å². The van der Waals surface area contributed by atoms with E-state index < -0.39 is 27.8 Å². The summed E-state index contributed by atoms with van der Waals surface area (Å²) in [6, 6.07) is 12.8. The molecule has 3 aliphatic rings. The Bertz CT molecular complexity index is 2080. The van der Waals surface area contributed by atoms with Crippen molar-refractivity contribution in [2.24, 2.45) is 7.05 Å². The fourth-order valence-corrected chi connectivity index (χ4v) is 8.99. The number of halogens is 3. The molecule has 3 fully saturated rings. The molecule has 3 amide bonds. The summed E-state index contributed by atoms with van der Waals surface area (Å²) < 4.78 is 68.7. The van der Waals surface area contributed by atoms with E-state index in [4.69, 9.17) is 0 Å². The number of aromatic nitrogens is 4. The summed E-state index contributed by atoms with van der Waals surface area (Å²) in [5, 5.41) is 10.9. The average molecular weight is 754 g/mol. The van der Waals surface area contributed by atoms with Crippen LogP contribution in [0, 0.1) is 0 Å². The molecular formula is C36H42F3N9O4S. The Kier molecular flexibility index (Phi) is 10.4. The van der Waals surface area contributed by atoms with Gasteiger partial charge in [0.15, 0.2) is 5.82 Å². The van der Waals surface area contributed by atoms with E-state index in [9.17, 15) is 31.2 Å². The van der Waals surface area contributed by atoms with Gasteiger partial charge in [0, 0.05) is 56.9 Å². The van der Waals surface area contributed by atoms with Crippen LogP contribution < -0.4 is 15.5 Å². The van der Waals surface area contributed by atoms with Gasteiger partial charge in [0.1, 0.15) is 0 Å². The number of hydrogen-bond acceptors (Lipinski definition) is 9. The maximum absolute atomic E-state index is 13.5. The highest BCUT2D eigenvalue weighted by atomic mass is 32.2. The van der Waals surface area contributed by atoms with Crippen LogP contribution in [0.2, 0.25) is 0 Å². The molecule has 5 heterocycles. The third kappa shape index (κ3) is 8.16. The van der Waals surface area contributed by atoms with E-state index in [1.165, 1.54) is 14.8 Å². The lowest BCUT2D eigenvalue weighted by atomic mass is 9.89. The first kappa shape index (κ1) is 36.7. The summed E-state index contributed by atoms with van der Waals surface area (Å²) in [5.74, 6) is 0.774. The minimum atomic E-state index is -4.51. The van der Waals surface area contributed by atoms with Crippen molar-refractivity contribution in [3.8, 4) is 0 Å². The third-order valence-corrected chi connectivity index (χ3v) is 12.4. The van der Waals surface area contributed by atoms with Crippen molar-refractivity contribution in [1.29, 1.82) is 0 Å². The zero-order valence-corrected chi connectivity index (χ0v) is 30.2. The fraction of sp³-hybridized carbons (Fsp3) is 0.472. The highest BCUT2D eigenvalue weighted by Gasteiger charge is 2.33. The maximum Gasteiger partial charge on any atom is 0.419 e. The summed E-state index contributed by atoms with van der Waals surface area (Å²) in [6.07, 6.45) is 1.84. The second-order valence-corrected chi connectivity index (χ2v) is 15.9. The van der Waals surface area contributed by atoms with E-state index >= 15 is 0 Å². The van der Waals surface area contributed by atoms with Crippen LogP contribution in [0.15, 0.2) is 59.8 Å². The molecule has 0 bridgehead atoms. The minimum absolute atomic E-state index is 0.0844. The van der Waals surface area contributed by atoms with E-state index in [-0.39, 0.29) is 42.3 Å². The van der Waals surface area contributed by atoms with Crippen molar-refractivity contribution in [3.63, 3.8) is 0 Å². The number of hydrogen-bond donors (Lipinski definition) is 2. The molecule has 13 nitrogen and oxygen atoms in total. The van der Waals surface area contributed by atoms with Crippen molar-refractivity contribution >= 4 is 44.6 Å². The fourth-order valence-electron chi connectivity index (χ4n) is 7.45. The lowest BCUT2D eigenvalue weighted by Gasteiger charge is -2.32. The van der Waals surface area contributed by atoms with Gasteiger partial charge in [0.25, 0.3) is 0 Å². The molecule has 0 atom stereocenters. The highest BCUT2D eigenvalue weighted by molar-refractivity contribution is 7.89. The molecule has 0 aliphatic carbocycles. The number of benzene rings is 2. The number of urea groups is 1. The standard InChI is InChI=1S/C36H42F3N9O4S/c1-45-31-21-26(7-8-30(31)33(44-45)48-19-13-32(49)43-35(48)50)25-9-15-46(16-10-25)14-3-5-24-4-2-6-29(20-24)53(51,52)47-17-11-28(12-18-47)42-34-40-22-27(23-41-34)36(37,38)39/h2,4,6-8,20-23,25,28H,3,5,9-19H2,1H3,(H,40,41,42)(H,43,49,50). The van der Waals surface area contributed by atoms with Crippen molar-refractivity contribution < 1.29 is 31.2 Å². The molecule has 2 N–H and O–H groups in total. The Labute approximate surface area is 305 Å². The minimum Gasteiger partial charge on any atom is -0.351 e. The zero-order chi connectivity index (χ0) is 37.3. The van der Waals surface area contributed by atoms with Gasteiger partial charge in [-0.05, 0) is 99.5 Å². The van der Waals surface area contributed by atoms with Crippen molar-refractivity contribution in [3.05, 3.63) is 71.5 Å². The SMILES string of the molecule is Cn1nc(N2CCC(=O)NC2=O)c2ccc(C3CCN(CCCc4cccc(S(=O)(=O)N5CCC(Nc6ncc(C(F)(F)F)cn6)CC5)c4)CC3)cc21. The van der Waals surface area contributed by atoms with E-state index in [0.29, 0.717) is 31.1 Å². The number of anilines is 2. The molecule has 0 saturated carbocycles. The second-order valence-electron chi connectivity index (χ2n) is 14.0. The van der Waals surface area contributed by atoms with Crippen molar-refractivity contribution in [1.82, 2.24) is 34.3 Å². The van der Waals surface area contributed by atoms with Crippen LogP contribution in [0.25, 0.3) is 10.9 Å². The number of piperidine rings is 2. The molecule has 17 heteroatoms. The highest BCUT2D eigenvalue weighted by Crippen LogP contribution is 2.34. The number of nitrogens with zero attached hydrogens (tertiary/aromatic N) is 7. The van der Waals surface area contributed by atoms with Gasteiger partial charge in [-0.3, -0.25) is 19.7 Å². The van der Waals surface area contributed by atoms with Crippen molar-refractivity contribution in [2.45, 2.75) is 68.0 Å². The summed E-state index contributed by atoms with van der Waals surface area (Å²) in [5.41, 5.74) is 2.24. The summed E-state index contributed by atoms with van der Waals surface area (Å²) >= 11 is 0. The number of imide groups is 1. The number of carbonyl (C=O) groups excluding carboxylic acids is 2. The Morgan fingerprint density at radius 2 is 1.68 bits per heavy atom. The molecule has 282 valence electrons. The molecular weight excluding hydrogens is 712 g/mol. The number of sulfonamides is 1. The number of aryl methyl sites for hydroxylation is 2. The van der Waals surface area contributed by atoms with Gasteiger partial charge in [-0.25, -0.2) is 23.2 Å². The Balaban J connectivity index is 0.874. The van der Waals surface area contributed by atoms with Gasteiger partial charge in [0.2, 0.25) is 21.9 Å². The number of fused-ring (bicyclic) bond motifs is 1. The van der Waals surface area contributed by atoms with Crippen LogP contribution in [0.5, 0.6) is 0 Å². The summed E-state index contributed by atoms with van der Waals surface area (Å²) in [7, 11) is -1.84. The van der Waals surface area contributed by atoms with Gasteiger partial charge in [-0.15, -0.1) is 0 Å². The van der Waals surface area contributed by atoms with Crippen LogP contribution >= 0.6 is 0 Å². The van der Waals surface area contributed by atoms with Gasteiger partial charge in [-0.1, -0.05) is 18.2 Å². The summed E-state index contributed by atoms with van der Waals surface area (Å²) in [4.78, 5) is 35.8. The molecule has 7 rings (SSSR count). The van der Waals surface area contributed by atoms with E-state index in [0.717, 1.165) is 74.2 Å². The van der Waals surface area contributed by atoms with Crippen molar-refractivity contribution in [2.75, 3.05) is 49.5 Å². The van der Waals surface area contributed by atoms with Crippen LogP contribution in [0.1, 0.15) is 61.1 Å². The molecule has 0 radical (unpaired) electrons. The van der Waals surface area contributed by atoms with Gasteiger partial charge in [0.05, 0.1) is 16.0 Å². The first-order chi connectivity index (χ1) is 25.3. The lowest BCUT2D eigenvalue weighted by molar-refractivity contribution is -0.138. The number of carbonyl (C=O) groups is 2. The molecule has 3 aliphatic heterocycles. The monoisotopic (exact) mass is 753 g/mol. The number of amides is 3. The third-order valence-electron chi connectivity index (χ3n) is 10.5. The molecule has 3 saturated heterocycles. The first-order valence-corrected chi connectivity index (χ1v) is 19.3. The summed E-state index contributed by atoms with van der Waals surface area (Å²) in [6.45, 7) is 3.70. The zero-order valence-electron chi connectivity index (χ0n) is 29.3. The number of likely N-dealkylation sites (tertiary alicyclic amines) is 1. The second kappa shape index (κ2) is 15.0.